The molecule has 0 aliphatic carbocycles. The minimum absolute atomic E-state index is 0.0329. The fourth-order valence-corrected chi connectivity index (χ4v) is 1.55. The first-order chi connectivity index (χ1) is 9.56. The lowest BCUT2D eigenvalue weighted by Gasteiger charge is -2.10. The third kappa shape index (κ3) is 4.99. The van der Waals surface area contributed by atoms with E-state index < -0.39 is 4.92 Å². The Kier molecular flexibility index (Phi) is 6.69. The van der Waals surface area contributed by atoms with E-state index in [2.05, 4.69) is 29.1 Å². The van der Waals surface area contributed by atoms with Gasteiger partial charge in [0.15, 0.2) is 0 Å². The third-order valence-electron chi connectivity index (χ3n) is 2.72. The molecule has 1 N–H and O–H groups in total. The maximum atomic E-state index is 11.2. The maximum Gasteiger partial charge on any atom is 0.372 e. The molecule has 0 aliphatic heterocycles. The summed E-state index contributed by atoms with van der Waals surface area (Å²) in [4.78, 5) is 18.5. The van der Waals surface area contributed by atoms with Crippen molar-refractivity contribution in [3.63, 3.8) is 0 Å². The predicted molar refractivity (Wildman–Crippen MR) is 77.0 cm³/mol. The summed E-state index contributed by atoms with van der Waals surface area (Å²) < 4.78 is 5.37. The maximum absolute atomic E-state index is 11.2. The highest BCUT2D eigenvalue weighted by molar-refractivity contribution is 5.61. The molecule has 1 rings (SSSR count). The molecule has 0 aromatic carbocycles. The number of nitrogens with zero attached hydrogens (tertiary/aromatic N) is 3. The zero-order chi connectivity index (χ0) is 15.0. The van der Waals surface area contributed by atoms with Crippen LogP contribution < -0.4 is 10.1 Å². The topological polar surface area (TPSA) is 90.2 Å². The van der Waals surface area contributed by atoms with Gasteiger partial charge in [0.1, 0.15) is 6.33 Å². The van der Waals surface area contributed by atoms with Gasteiger partial charge in [0, 0.05) is 6.54 Å². The highest BCUT2D eigenvalue weighted by Crippen LogP contribution is 2.30. The standard InChI is InChI=1S/C13H22N4O3/c1-4-5-8-20-13-11(17(18)19)12(15-9-16-13)14-7-6-10(2)3/h9-10H,4-8H2,1-3H3,(H,14,15,16). The third-order valence-corrected chi connectivity index (χ3v) is 2.72. The first-order valence-electron chi connectivity index (χ1n) is 6.92. The van der Waals surface area contributed by atoms with Gasteiger partial charge in [-0.1, -0.05) is 27.2 Å². The molecule has 1 heterocycles. The van der Waals surface area contributed by atoms with Crippen molar-refractivity contribution in [2.45, 2.75) is 40.0 Å². The lowest BCUT2D eigenvalue weighted by Crippen LogP contribution is -2.10. The molecule has 0 spiro atoms. The summed E-state index contributed by atoms with van der Waals surface area (Å²) in [5, 5.41) is 14.2. The quantitative estimate of drug-likeness (QED) is 0.425. The number of aromatic nitrogens is 2. The highest BCUT2D eigenvalue weighted by Gasteiger charge is 2.24. The molecule has 0 fully saturated rings. The number of hydrogen-bond donors (Lipinski definition) is 1. The summed E-state index contributed by atoms with van der Waals surface area (Å²) in [6, 6.07) is 0. The summed E-state index contributed by atoms with van der Waals surface area (Å²) in [6.45, 7) is 7.26. The van der Waals surface area contributed by atoms with E-state index in [1.807, 2.05) is 6.92 Å². The first-order valence-corrected chi connectivity index (χ1v) is 6.92. The molecule has 1 aromatic rings. The van der Waals surface area contributed by atoms with Crippen molar-refractivity contribution in [1.29, 1.82) is 0 Å². The molecule has 0 saturated heterocycles. The van der Waals surface area contributed by atoms with E-state index in [0.29, 0.717) is 19.1 Å². The van der Waals surface area contributed by atoms with E-state index in [1.165, 1.54) is 6.33 Å². The molecule has 0 unspecified atom stereocenters. The van der Waals surface area contributed by atoms with Crippen molar-refractivity contribution in [3.05, 3.63) is 16.4 Å². The Bertz CT molecular complexity index is 438. The van der Waals surface area contributed by atoms with Crippen molar-refractivity contribution >= 4 is 11.5 Å². The Morgan fingerprint density at radius 1 is 1.45 bits per heavy atom. The average molecular weight is 282 g/mol. The smallest absolute Gasteiger partial charge is 0.372 e. The van der Waals surface area contributed by atoms with Gasteiger partial charge >= 0.3 is 5.69 Å². The summed E-state index contributed by atoms with van der Waals surface area (Å²) in [6.07, 6.45) is 3.98. The predicted octanol–water partition coefficient (Wildman–Crippen LogP) is 3.02. The van der Waals surface area contributed by atoms with Crippen molar-refractivity contribution in [1.82, 2.24) is 9.97 Å². The molecular formula is C13H22N4O3. The Labute approximate surface area is 118 Å². The van der Waals surface area contributed by atoms with Gasteiger partial charge in [-0.25, -0.2) is 4.98 Å². The van der Waals surface area contributed by atoms with Crippen molar-refractivity contribution in [3.8, 4) is 5.88 Å². The van der Waals surface area contributed by atoms with Gasteiger partial charge in [-0.3, -0.25) is 10.1 Å². The van der Waals surface area contributed by atoms with Gasteiger partial charge in [-0.15, -0.1) is 0 Å². The number of anilines is 1. The van der Waals surface area contributed by atoms with Gasteiger partial charge < -0.3 is 10.1 Å². The minimum atomic E-state index is -0.501. The molecule has 20 heavy (non-hydrogen) atoms. The van der Waals surface area contributed by atoms with Crippen LogP contribution in [-0.2, 0) is 0 Å². The molecular weight excluding hydrogens is 260 g/mol. The van der Waals surface area contributed by atoms with Gasteiger partial charge in [0.05, 0.1) is 11.5 Å². The molecule has 7 nitrogen and oxygen atoms in total. The van der Waals surface area contributed by atoms with Crippen LogP contribution in [0.4, 0.5) is 11.5 Å². The fraction of sp³-hybridized carbons (Fsp3) is 0.692. The minimum Gasteiger partial charge on any atom is -0.473 e. The van der Waals surface area contributed by atoms with Crippen LogP contribution in [0.15, 0.2) is 6.33 Å². The van der Waals surface area contributed by atoms with Crippen molar-refractivity contribution in [2.24, 2.45) is 5.92 Å². The molecule has 112 valence electrons. The number of unbranched alkanes of at least 4 members (excludes halogenated alkanes) is 1. The number of nitro groups is 1. The Morgan fingerprint density at radius 2 is 2.20 bits per heavy atom. The van der Waals surface area contributed by atoms with E-state index in [4.69, 9.17) is 4.74 Å². The van der Waals surface area contributed by atoms with E-state index in [-0.39, 0.29) is 17.4 Å². The summed E-state index contributed by atoms with van der Waals surface area (Å²) in [7, 11) is 0. The molecule has 0 saturated carbocycles. The zero-order valence-electron chi connectivity index (χ0n) is 12.3. The van der Waals surface area contributed by atoms with Crippen LogP contribution in [0.25, 0.3) is 0 Å². The first kappa shape index (κ1) is 16.1. The van der Waals surface area contributed by atoms with Crippen molar-refractivity contribution in [2.75, 3.05) is 18.5 Å². The molecule has 0 atom stereocenters. The summed E-state index contributed by atoms with van der Waals surface area (Å²) in [5.74, 6) is 0.770. The summed E-state index contributed by atoms with van der Waals surface area (Å²) in [5.41, 5.74) is -0.188. The number of rotatable bonds is 9. The number of ether oxygens (including phenoxy) is 1. The van der Waals surface area contributed by atoms with Crippen LogP contribution in [0.1, 0.15) is 40.0 Å². The Hall–Kier alpha value is -1.92. The second kappa shape index (κ2) is 8.29. The molecule has 0 radical (unpaired) electrons. The zero-order valence-corrected chi connectivity index (χ0v) is 12.3. The SMILES string of the molecule is CCCCOc1ncnc(NCCC(C)C)c1[N+](=O)[O-]. The van der Waals surface area contributed by atoms with Crippen LogP contribution in [0.3, 0.4) is 0 Å². The average Bonchev–Trinajstić information content (AvgIpc) is 2.38. The second-order valence-corrected chi connectivity index (χ2v) is 4.94. The van der Waals surface area contributed by atoms with E-state index in [9.17, 15) is 10.1 Å². The fourth-order valence-electron chi connectivity index (χ4n) is 1.55. The Balaban J connectivity index is 2.82. The van der Waals surface area contributed by atoms with Gasteiger partial charge in [-0.2, -0.15) is 4.98 Å². The molecule has 0 amide bonds. The second-order valence-electron chi connectivity index (χ2n) is 4.94. The molecule has 0 bridgehead atoms. The van der Waals surface area contributed by atoms with E-state index in [0.717, 1.165) is 19.3 Å². The van der Waals surface area contributed by atoms with E-state index >= 15 is 0 Å². The molecule has 0 aliphatic rings. The van der Waals surface area contributed by atoms with Gasteiger partial charge in [-0.05, 0) is 18.8 Å². The van der Waals surface area contributed by atoms with Gasteiger partial charge in [0.2, 0.25) is 5.82 Å². The summed E-state index contributed by atoms with van der Waals surface area (Å²) >= 11 is 0. The van der Waals surface area contributed by atoms with Crippen LogP contribution in [0, 0.1) is 16.0 Å². The van der Waals surface area contributed by atoms with Gasteiger partial charge in [0.25, 0.3) is 5.88 Å². The molecule has 1 aromatic heterocycles. The lowest BCUT2D eigenvalue weighted by atomic mass is 10.1. The normalized spacial score (nSPS) is 10.6. The van der Waals surface area contributed by atoms with Crippen LogP contribution >= 0.6 is 0 Å². The van der Waals surface area contributed by atoms with E-state index in [1.54, 1.807) is 0 Å². The number of hydrogen-bond acceptors (Lipinski definition) is 6. The van der Waals surface area contributed by atoms with Crippen molar-refractivity contribution < 1.29 is 9.66 Å². The van der Waals surface area contributed by atoms with Crippen LogP contribution in [-0.4, -0.2) is 28.0 Å². The number of nitrogens with one attached hydrogen (secondary N) is 1. The highest BCUT2D eigenvalue weighted by atomic mass is 16.6. The van der Waals surface area contributed by atoms with Crippen LogP contribution in [0.2, 0.25) is 0 Å². The lowest BCUT2D eigenvalue weighted by molar-refractivity contribution is -0.385. The largest absolute Gasteiger partial charge is 0.473 e. The monoisotopic (exact) mass is 282 g/mol. The molecule has 7 heteroatoms. The Morgan fingerprint density at radius 3 is 2.80 bits per heavy atom. The van der Waals surface area contributed by atoms with Crippen LogP contribution in [0.5, 0.6) is 5.88 Å².